The highest BCUT2D eigenvalue weighted by Gasteiger charge is 2.13. The van der Waals surface area contributed by atoms with Crippen molar-refractivity contribution < 1.29 is 0 Å². The molecular formula is C24H23N7S. The van der Waals surface area contributed by atoms with Gasteiger partial charge in [-0.2, -0.15) is 5.10 Å². The van der Waals surface area contributed by atoms with Crippen molar-refractivity contribution in [2.45, 2.75) is 29.3 Å². The largest absolute Gasteiger partial charge is 0.370 e. The van der Waals surface area contributed by atoms with Crippen LogP contribution in [0.2, 0.25) is 0 Å². The van der Waals surface area contributed by atoms with Gasteiger partial charge >= 0.3 is 0 Å². The van der Waals surface area contributed by atoms with Crippen molar-refractivity contribution in [1.29, 1.82) is 0 Å². The first-order valence-electron chi connectivity index (χ1n) is 10.9. The molecule has 1 saturated heterocycles. The number of hydrogen-bond donors (Lipinski definition) is 0. The van der Waals surface area contributed by atoms with Gasteiger partial charge in [-0.15, -0.1) is 10.2 Å². The average molecular weight is 442 g/mol. The van der Waals surface area contributed by atoms with E-state index < -0.39 is 0 Å². The second-order valence-corrected chi connectivity index (χ2v) is 9.27. The summed E-state index contributed by atoms with van der Waals surface area (Å²) in [5.74, 6) is 0. The van der Waals surface area contributed by atoms with Gasteiger partial charge in [0.25, 0.3) is 0 Å². The molecule has 0 N–H and O–H groups in total. The summed E-state index contributed by atoms with van der Waals surface area (Å²) in [6, 6.07) is 12.7. The Morgan fingerprint density at radius 1 is 0.875 bits per heavy atom. The van der Waals surface area contributed by atoms with Crippen LogP contribution in [-0.2, 0) is 7.05 Å². The molecule has 0 atom stereocenters. The van der Waals surface area contributed by atoms with Crippen LogP contribution in [0, 0.1) is 0 Å². The van der Waals surface area contributed by atoms with Gasteiger partial charge in [0.1, 0.15) is 0 Å². The minimum absolute atomic E-state index is 0.829. The number of benzene rings is 1. The van der Waals surface area contributed by atoms with Crippen molar-refractivity contribution in [3.63, 3.8) is 0 Å². The molecule has 5 heterocycles. The monoisotopic (exact) mass is 441 g/mol. The fourth-order valence-corrected chi connectivity index (χ4v) is 5.13. The summed E-state index contributed by atoms with van der Waals surface area (Å²) < 4.78 is 3.85. The minimum Gasteiger partial charge on any atom is -0.370 e. The van der Waals surface area contributed by atoms with E-state index in [1.165, 1.54) is 24.9 Å². The van der Waals surface area contributed by atoms with Gasteiger partial charge in [-0.3, -0.25) is 14.1 Å². The van der Waals surface area contributed by atoms with Crippen LogP contribution in [0.3, 0.4) is 0 Å². The Morgan fingerprint density at radius 2 is 1.78 bits per heavy atom. The zero-order valence-electron chi connectivity index (χ0n) is 17.8. The Bertz CT molecular complexity index is 1410. The highest BCUT2D eigenvalue weighted by Crippen LogP contribution is 2.31. The van der Waals surface area contributed by atoms with Crippen LogP contribution < -0.4 is 4.90 Å². The number of rotatable bonds is 4. The van der Waals surface area contributed by atoms with E-state index in [1.807, 2.05) is 40.8 Å². The lowest BCUT2D eigenvalue weighted by Gasteiger charge is -2.28. The van der Waals surface area contributed by atoms with Crippen molar-refractivity contribution in [3.05, 3.63) is 61.2 Å². The number of aryl methyl sites for hydroxylation is 1. The summed E-state index contributed by atoms with van der Waals surface area (Å²) in [4.78, 5) is 8.27. The van der Waals surface area contributed by atoms with Crippen molar-refractivity contribution in [3.8, 4) is 11.1 Å². The molecule has 0 saturated carbocycles. The SMILES string of the molecule is Cn1cc(-c2ccc3nnc(Sc4ccc5ncc(N6CCCCC6)cc5c4)n3c2)cn1. The zero-order chi connectivity index (χ0) is 21.5. The molecule has 6 rings (SSSR count). The van der Waals surface area contributed by atoms with Crippen molar-refractivity contribution in [2.24, 2.45) is 7.05 Å². The second kappa shape index (κ2) is 7.94. The van der Waals surface area contributed by atoms with Crippen LogP contribution in [0.4, 0.5) is 5.69 Å². The molecule has 1 aliphatic rings. The number of aromatic nitrogens is 6. The first kappa shape index (κ1) is 19.3. The lowest BCUT2D eigenvalue weighted by molar-refractivity contribution is 0.577. The van der Waals surface area contributed by atoms with E-state index in [9.17, 15) is 0 Å². The van der Waals surface area contributed by atoms with Crippen molar-refractivity contribution in [2.75, 3.05) is 18.0 Å². The van der Waals surface area contributed by atoms with Crippen LogP contribution in [0.25, 0.3) is 27.7 Å². The Morgan fingerprint density at radius 3 is 2.62 bits per heavy atom. The summed E-state index contributed by atoms with van der Waals surface area (Å²) in [6.07, 6.45) is 11.8. The molecule has 7 nitrogen and oxygen atoms in total. The Kier molecular flexibility index (Phi) is 4.79. The molecule has 0 aliphatic carbocycles. The van der Waals surface area contributed by atoms with Gasteiger partial charge in [0, 0.05) is 53.9 Å². The third-order valence-electron chi connectivity index (χ3n) is 5.98. The van der Waals surface area contributed by atoms with Gasteiger partial charge in [0.2, 0.25) is 0 Å². The quantitative estimate of drug-likeness (QED) is 0.398. The number of anilines is 1. The Hall–Kier alpha value is -3.39. The average Bonchev–Trinajstić information content (AvgIpc) is 3.45. The van der Waals surface area contributed by atoms with Crippen molar-refractivity contribution in [1.82, 2.24) is 29.4 Å². The summed E-state index contributed by atoms with van der Waals surface area (Å²) >= 11 is 1.62. The molecule has 8 heteroatoms. The topological polar surface area (TPSA) is 64.1 Å². The fraction of sp³-hybridized carbons (Fsp3) is 0.250. The smallest absolute Gasteiger partial charge is 0.200 e. The summed E-state index contributed by atoms with van der Waals surface area (Å²) in [5, 5.41) is 15.1. The fourth-order valence-electron chi connectivity index (χ4n) is 4.27. The minimum atomic E-state index is 0.829. The van der Waals surface area contributed by atoms with Gasteiger partial charge in [-0.25, -0.2) is 0 Å². The molecule has 0 spiro atoms. The molecule has 1 aromatic carbocycles. The number of pyridine rings is 2. The maximum absolute atomic E-state index is 4.70. The molecule has 5 aromatic rings. The van der Waals surface area contributed by atoms with Gasteiger partial charge < -0.3 is 4.90 Å². The lowest BCUT2D eigenvalue weighted by atomic mass is 10.1. The standard InChI is InChI=1S/C24H23N7S/c1-29-15-19(13-26-29)17-5-8-23-27-28-24(31(23)16-17)32-21-6-7-22-18(12-21)11-20(14-25-22)30-9-3-2-4-10-30/h5-8,11-16H,2-4,9-10H2,1H3. The molecule has 1 aliphatic heterocycles. The number of piperidine rings is 1. The predicted molar refractivity (Wildman–Crippen MR) is 127 cm³/mol. The van der Waals surface area contributed by atoms with Crippen LogP contribution in [0.1, 0.15) is 19.3 Å². The van der Waals surface area contributed by atoms with Gasteiger partial charge in [0.15, 0.2) is 10.8 Å². The molecule has 32 heavy (non-hydrogen) atoms. The summed E-state index contributed by atoms with van der Waals surface area (Å²) in [7, 11) is 1.92. The molecule has 0 unspecified atom stereocenters. The summed E-state index contributed by atoms with van der Waals surface area (Å²) in [5.41, 5.74) is 5.21. The normalized spacial score (nSPS) is 14.5. The zero-order valence-corrected chi connectivity index (χ0v) is 18.7. The van der Waals surface area contributed by atoms with Crippen LogP contribution in [-0.4, -0.2) is 42.5 Å². The first-order valence-corrected chi connectivity index (χ1v) is 11.7. The van der Waals surface area contributed by atoms with Crippen LogP contribution in [0.15, 0.2) is 71.2 Å². The maximum atomic E-state index is 4.70. The predicted octanol–water partition coefficient (Wildman–Crippen LogP) is 4.82. The number of nitrogens with zero attached hydrogens (tertiary/aromatic N) is 7. The third kappa shape index (κ3) is 3.60. The Balaban J connectivity index is 1.33. The van der Waals surface area contributed by atoms with Gasteiger partial charge in [0.05, 0.1) is 23.6 Å². The van der Waals surface area contributed by atoms with E-state index in [1.54, 1.807) is 11.8 Å². The van der Waals surface area contributed by atoms with E-state index >= 15 is 0 Å². The van der Waals surface area contributed by atoms with Gasteiger partial charge in [-0.1, -0.05) is 0 Å². The van der Waals surface area contributed by atoms with E-state index in [0.29, 0.717) is 0 Å². The van der Waals surface area contributed by atoms with E-state index in [-0.39, 0.29) is 0 Å². The van der Waals surface area contributed by atoms with E-state index in [4.69, 9.17) is 4.98 Å². The summed E-state index contributed by atoms with van der Waals surface area (Å²) in [6.45, 7) is 2.24. The van der Waals surface area contributed by atoms with Crippen molar-refractivity contribution >= 4 is 34.0 Å². The van der Waals surface area contributed by atoms with Crippen LogP contribution >= 0.6 is 11.8 Å². The third-order valence-corrected chi connectivity index (χ3v) is 6.93. The Labute approximate surface area is 190 Å². The molecular weight excluding hydrogens is 418 g/mol. The maximum Gasteiger partial charge on any atom is 0.200 e. The van der Waals surface area contributed by atoms with E-state index in [2.05, 4.69) is 56.7 Å². The molecule has 0 bridgehead atoms. The molecule has 1 fully saturated rings. The van der Waals surface area contributed by atoms with Gasteiger partial charge in [-0.05, 0) is 67.4 Å². The molecule has 0 radical (unpaired) electrons. The van der Waals surface area contributed by atoms with E-state index in [0.717, 1.165) is 50.8 Å². The number of fused-ring (bicyclic) bond motifs is 2. The highest BCUT2D eigenvalue weighted by molar-refractivity contribution is 7.99. The number of hydrogen-bond acceptors (Lipinski definition) is 6. The second-order valence-electron chi connectivity index (χ2n) is 8.23. The lowest BCUT2D eigenvalue weighted by Crippen LogP contribution is -2.29. The highest BCUT2D eigenvalue weighted by atomic mass is 32.2. The molecule has 0 amide bonds. The van der Waals surface area contributed by atoms with Crippen LogP contribution in [0.5, 0.6) is 0 Å². The molecule has 4 aromatic heterocycles. The first-order chi connectivity index (χ1) is 15.7. The molecule has 160 valence electrons.